The zero-order valence-electron chi connectivity index (χ0n) is 20.2. The summed E-state index contributed by atoms with van der Waals surface area (Å²) in [6, 6.07) is 4.58. The van der Waals surface area contributed by atoms with Gasteiger partial charge in [-0.1, -0.05) is 30.3 Å². The van der Waals surface area contributed by atoms with Crippen LogP contribution in [0.2, 0.25) is 0 Å². The van der Waals surface area contributed by atoms with Crippen LogP contribution in [-0.2, 0) is 25.6 Å². The molecule has 196 valence electrons. The molecule has 10 nitrogen and oxygen atoms in total. The van der Waals surface area contributed by atoms with Crippen molar-refractivity contribution in [2.24, 2.45) is 5.73 Å². The number of carbonyl (C=O) groups is 4. The second kappa shape index (κ2) is 16.4. The van der Waals surface area contributed by atoms with Crippen molar-refractivity contribution in [2.75, 3.05) is 24.0 Å². The Bertz CT molecular complexity index is 827. The van der Waals surface area contributed by atoms with Crippen molar-refractivity contribution in [3.8, 4) is 0 Å². The molecule has 3 amide bonds. The van der Waals surface area contributed by atoms with E-state index in [2.05, 4.69) is 16.0 Å². The van der Waals surface area contributed by atoms with Gasteiger partial charge in [-0.3, -0.25) is 14.4 Å². The Morgan fingerprint density at radius 2 is 1.31 bits per heavy atom. The van der Waals surface area contributed by atoms with Crippen molar-refractivity contribution in [1.82, 2.24) is 16.0 Å². The summed E-state index contributed by atoms with van der Waals surface area (Å²) in [5, 5.41) is 26.9. The lowest BCUT2D eigenvalue weighted by molar-refractivity contribution is -0.142. The van der Waals surface area contributed by atoms with Crippen LogP contribution in [0.4, 0.5) is 0 Å². The van der Waals surface area contributed by atoms with Crippen molar-refractivity contribution in [3.05, 3.63) is 35.9 Å². The van der Waals surface area contributed by atoms with E-state index in [1.54, 1.807) is 24.3 Å². The molecule has 0 aromatic heterocycles. The topological polar surface area (TPSA) is 171 Å². The molecular formula is C23H36N4O6S2. The molecule has 0 fully saturated rings. The second-order valence-corrected chi connectivity index (χ2v) is 10.0. The number of thioether (sulfide) groups is 2. The summed E-state index contributed by atoms with van der Waals surface area (Å²) in [7, 11) is 0. The van der Waals surface area contributed by atoms with Gasteiger partial charge in [0, 0.05) is 6.42 Å². The van der Waals surface area contributed by atoms with E-state index >= 15 is 0 Å². The van der Waals surface area contributed by atoms with Crippen molar-refractivity contribution in [3.63, 3.8) is 0 Å². The lowest BCUT2D eigenvalue weighted by Crippen LogP contribution is -2.58. The number of aliphatic hydroxyl groups excluding tert-OH is 1. The zero-order valence-corrected chi connectivity index (χ0v) is 21.9. The van der Waals surface area contributed by atoms with Crippen LogP contribution >= 0.6 is 23.5 Å². The van der Waals surface area contributed by atoms with Gasteiger partial charge in [0.1, 0.15) is 24.2 Å². The number of hydrogen-bond donors (Lipinski definition) is 6. The van der Waals surface area contributed by atoms with Crippen LogP contribution in [0.15, 0.2) is 30.3 Å². The molecule has 0 spiro atoms. The van der Waals surface area contributed by atoms with Gasteiger partial charge in [0.25, 0.3) is 0 Å². The highest BCUT2D eigenvalue weighted by Crippen LogP contribution is 2.08. The van der Waals surface area contributed by atoms with Crippen LogP contribution in [0.3, 0.4) is 0 Å². The number of aliphatic carboxylic acids is 1. The van der Waals surface area contributed by atoms with Gasteiger partial charge < -0.3 is 31.9 Å². The molecule has 35 heavy (non-hydrogen) atoms. The molecule has 0 saturated heterocycles. The van der Waals surface area contributed by atoms with E-state index in [1.165, 1.54) is 30.4 Å². The molecule has 0 aliphatic carbocycles. The maximum atomic E-state index is 13.0. The minimum Gasteiger partial charge on any atom is -0.480 e. The fraction of sp³-hybridized carbons (Fsp3) is 0.565. The van der Waals surface area contributed by atoms with E-state index in [0.29, 0.717) is 11.5 Å². The third-order valence-electron chi connectivity index (χ3n) is 5.21. The molecule has 0 aliphatic rings. The minimum atomic E-state index is -1.20. The van der Waals surface area contributed by atoms with Crippen molar-refractivity contribution in [1.29, 1.82) is 0 Å². The molecule has 0 heterocycles. The van der Waals surface area contributed by atoms with E-state index in [4.69, 9.17) is 5.73 Å². The largest absolute Gasteiger partial charge is 0.480 e. The standard InChI is InChI=1S/C23H36N4O6S2/c1-14(28)19(24)22(31)26-17(10-12-35-3)20(29)25-16(9-11-34-2)21(30)27-18(23(32)33)13-15-7-5-4-6-8-15/h4-8,14,16-19,28H,9-13,24H2,1-3H3,(H,25,29)(H,26,31)(H,27,30)(H,32,33). The number of amides is 3. The fourth-order valence-electron chi connectivity index (χ4n) is 3.09. The summed E-state index contributed by atoms with van der Waals surface area (Å²) in [5.41, 5.74) is 6.43. The molecule has 1 aromatic carbocycles. The first-order valence-electron chi connectivity index (χ1n) is 11.2. The SMILES string of the molecule is CSCCC(NC(=O)C(CCSC)NC(=O)C(N)C(C)O)C(=O)NC(Cc1ccccc1)C(=O)O. The normalized spacial score (nSPS) is 15.2. The number of nitrogens with two attached hydrogens (primary N) is 1. The highest BCUT2D eigenvalue weighted by molar-refractivity contribution is 7.98. The monoisotopic (exact) mass is 528 g/mol. The van der Waals surface area contributed by atoms with E-state index in [9.17, 15) is 29.4 Å². The number of nitrogens with one attached hydrogen (secondary N) is 3. The number of rotatable bonds is 16. The lowest BCUT2D eigenvalue weighted by atomic mass is 10.0. The van der Waals surface area contributed by atoms with Crippen molar-refractivity contribution in [2.45, 2.75) is 56.5 Å². The van der Waals surface area contributed by atoms with E-state index in [1.807, 2.05) is 18.6 Å². The van der Waals surface area contributed by atoms with Crippen molar-refractivity contribution >= 4 is 47.2 Å². The Kier molecular flexibility index (Phi) is 14.4. The van der Waals surface area contributed by atoms with Crippen molar-refractivity contribution < 1.29 is 29.4 Å². The first kappa shape index (κ1) is 30.8. The highest BCUT2D eigenvalue weighted by Gasteiger charge is 2.30. The molecule has 1 aromatic rings. The average molecular weight is 529 g/mol. The van der Waals surface area contributed by atoms with Gasteiger partial charge in [-0.15, -0.1) is 0 Å². The third-order valence-corrected chi connectivity index (χ3v) is 6.49. The van der Waals surface area contributed by atoms with Crippen LogP contribution in [-0.4, -0.2) is 88.2 Å². The molecule has 5 atom stereocenters. The van der Waals surface area contributed by atoms with Gasteiger partial charge in [0.15, 0.2) is 0 Å². The van der Waals surface area contributed by atoms with E-state index in [0.717, 1.165) is 5.56 Å². The van der Waals surface area contributed by atoms with Crippen LogP contribution in [0.5, 0.6) is 0 Å². The quantitative estimate of drug-likeness (QED) is 0.173. The van der Waals surface area contributed by atoms with Crippen LogP contribution in [0.1, 0.15) is 25.3 Å². The van der Waals surface area contributed by atoms with Crippen LogP contribution in [0.25, 0.3) is 0 Å². The smallest absolute Gasteiger partial charge is 0.326 e. The highest BCUT2D eigenvalue weighted by atomic mass is 32.2. The Hall–Kier alpha value is -2.28. The number of hydrogen-bond acceptors (Lipinski definition) is 8. The number of carboxylic acids is 1. The molecule has 0 saturated carbocycles. The van der Waals surface area contributed by atoms with Gasteiger partial charge in [-0.05, 0) is 49.3 Å². The summed E-state index contributed by atoms with van der Waals surface area (Å²) in [6.07, 6.45) is 3.25. The molecule has 12 heteroatoms. The molecule has 0 radical (unpaired) electrons. The zero-order chi connectivity index (χ0) is 26.4. The number of carboxylic acid groups (broad SMARTS) is 1. The number of carbonyl (C=O) groups excluding carboxylic acids is 3. The van der Waals surface area contributed by atoms with E-state index in [-0.39, 0.29) is 19.3 Å². The maximum Gasteiger partial charge on any atom is 0.326 e. The summed E-state index contributed by atoms with van der Waals surface area (Å²) < 4.78 is 0. The fourth-order valence-corrected chi connectivity index (χ4v) is 4.03. The number of benzene rings is 1. The van der Waals surface area contributed by atoms with Gasteiger partial charge in [0.2, 0.25) is 17.7 Å². The Labute approximate surface area is 214 Å². The summed E-state index contributed by atoms with van der Waals surface area (Å²) in [6.45, 7) is 1.37. The van der Waals surface area contributed by atoms with E-state index < -0.39 is 54.0 Å². The third kappa shape index (κ3) is 11.3. The summed E-state index contributed by atoms with van der Waals surface area (Å²) >= 11 is 2.96. The molecule has 0 aliphatic heterocycles. The van der Waals surface area contributed by atoms with Gasteiger partial charge in [-0.2, -0.15) is 23.5 Å². The predicted molar refractivity (Wildman–Crippen MR) is 139 cm³/mol. The van der Waals surface area contributed by atoms with Crippen LogP contribution in [0, 0.1) is 0 Å². The Morgan fingerprint density at radius 3 is 1.74 bits per heavy atom. The summed E-state index contributed by atoms with van der Waals surface area (Å²) in [5.74, 6) is -1.96. The molecule has 1 rings (SSSR count). The van der Waals surface area contributed by atoms with Crippen LogP contribution < -0.4 is 21.7 Å². The first-order chi connectivity index (χ1) is 16.6. The molecule has 0 bridgehead atoms. The number of aliphatic hydroxyl groups is 1. The first-order valence-corrected chi connectivity index (χ1v) is 14.0. The summed E-state index contributed by atoms with van der Waals surface area (Å²) in [4.78, 5) is 50.1. The maximum absolute atomic E-state index is 13.0. The Morgan fingerprint density at radius 1 is 0.857 bits per heavy atom. The van der Waals surface area contributed by atoms with Gasteiger partial charge in [0.05, 0.1) is 6.10 Å². The minimum absolute atomic E-state index is 0.0920. The Balaban J connectivity index is 2.96. The molecule has 5 unspecified atom stereocenters. The van der Waals surface area contributed by atoms with Gasteiger partial charge in [-0.25, -0.2) is 4.79 Å². The molecular weight excluding hydrogens is 492 g/mol. The predicted octanol–water partition coefficient (Wildman–Crippen LogP) is -0.0176. The average Bonchev–Trinajstić information content (AvgIpc) is 2.83. The second-order valence-electron chi connectivity index (χ2n) is 8.04. The van der Waals surface area contributed by atoms with Gasteiger partial charge >= 0.3 is 5.97 Å². The lowest BCUT2D eigenvalue weighted by Gasteiger charge is -2.25. The molecule has 7 N–H and O–H groups in total.